The summed E-state index contributed by atoms with van der Waals surface area (Å²) in [6.07, 6.45) is 0. The van der Waals surface area contributed by atoms with Crippen LogP contribution in [-0.4, -0.2) is 11.8 Å². The normalized spacial score (nSPS) is 13.0. The van der Waals surface area contributed by atoms with Crippen LogP contribution < -0.4 is 16.2 Å². The maximum atomic E-state index is 4.08. The Labute approximate surface area is 336 Å². The maximum Gasteiger partial charge on any atom is 0.197 e. The molecule has 0 atom stereocenters. The first-order chi connectivity index (χ1) is 27.7. The first kappa shape index (κ1) is 31.3. The molecule has 9 aromatic carbocycles. The lowest BCUT2D eigenvalue weighted by Crippen LogP contribution is -2.37. The van der Waals surface area contributed by atoms with Crippen molar-refractivity contribution in [3.8, 4) is 16.8 Å². The largest absolute Gasteiger partial charge is 0.354 e. The number of para-hydroxylation sites is 1. The van der Waals surface area contributed by atoms with Crippen molar-refractivity contribution in [1.82, 2.24) is 4.57 Å². The van der Waals surface area contributed by atoms with Crippen molar-refractivity contribution in [2.75, 3.05) is 5.32 Å². The number of aromatic nitrogens is 1. The Morgan fingerprint density at radius 2 is 1.14 bits per heavy atom. The van der Waals surface area contributed by atoms with Crippen molar-refractivity contribution < 1.29 is 0 Å². The lowest BCUT2D eigenvalue weighted by atomic mass is 9.58. The van der Waals surface area contributed by atoms with E-state index < -0.39 is 0 Å². The molecule has 2 aliphatic rings. The minimum Gasteiger partial charge on any atom is -0.354 e. The number of benzene rings is 9. The van der Waals surface area contributed by atoms with Crippen LogP contribution in [0.1, 0.15) is 0 Å². The van der Waals surface area contributed by atoms with Crippen LogP contribution in [0, 0.1) is 0 Å². The highest BCUT2D eigenvalue weighted by molar-refractivity contribution is 8.05. The van der Waals surface area contributed by atoms with Crippen LogP contribution in [0.5, 0.6) is 0 Å². The van der Waals surface area contributed by atoms with Crippen molar-refractivity contribution >= 4 is 128 Å². The Bertz CT molecular complexity index is 3510. The number of hydrogen-bond acceptors (Lipinski definition) is 4. The van der Waals surface area contributed by atoms with Gasteiger partial charge in [0.25, 0.3) is 0 Å². The van der Waals surface area contributed by atoms with Crippen molar-refractivity contribution in [2.45, 2.75) is 19.6 Å². The Morgan fingerprint density at radius 3 is 2.02 bits per heavy atom. The third kappa shape index (κ3) is 4.43. The van der Waals surface area contributed by atoms with Crippen LogP contribution in [0.15, 0.2) is 183 Å². The zero-order valence-electron chi connectivity index (χ0n) is 29.8. The van der Waals surface area contributed by atoms with E-state index in [1.807, 2.05) is 34.9 Å². The molecule has 2 aromatic heterocycles. The maximum absolute atomic E-state index is 4.08. The molecule has 0 aliphatic carbocycles. The number of thiophene rings is 1. The second-order valence-electron chi connectivity index (χ2n) is 14.7. The molecule has 0 fully saturated rings. The van der Waals surface area contributed by atoms with E-state index in [0.29, 0.717) is 0 Å². The summed E-state index contributed by atoms with van der Waals surface area (Å²) < 4.78 is 5.15. The molecule has 0 spiro atoms. The highest BCUT2D eigenvalue weighted by Crippen LogP contribution is 2.52. The molecular weight excluding hydrogens is 736 g/mol. The Balaban J connectivity index is 1.13. The van der Waals surface area contributed by atoms with E-state index in [4.69, 9.17) is 0 Å². The number of fused-ring (bicyclic) bond motifs is 13. The van der Waals surface area contributed by atoms with E-state index >= 15 is 0 Å². The highest BCUT2D eigenvalue weighted by Gasteiger charge is 2.29. The number of anilines is 2. The van der Waals surface area contributed by atoms with E-state index in [9.17, 15) is 0 Å². The lowest BCUT2D eigenvalue weighted by Gasteiger charge is -2.27. The number of rotatable bonds is 3. The molecule has 1 N–H and O–H groups in total. The van der Waals surface area contributed by atoms with Gasteiger partial charge in [0.2, 0.25) is 0 Å². The van der Waals surface area contributed by atoms with Gasteiger partial charge in [0, 0.05) is 73.7 Å². The Hall–Kier alpha value is -5.92. The molecule has 0 saturated heterocycles. The molecule has 0 saturated carbocycles. The van der Waals surface area contributed by atoms with Crippen LogP contribution in [-0.2, 0) is 0 Å². The molecule has 11 aromatic rings. The summed E-state index contributed by atoms with van der Waals surface area (Å²) in [5.41, 5.74) is 10.9. The van der Waals surface area contributed by atoms with E-state index in [1.54, 1.807) is 0 Å². The molecule has 56 heavy (non-hydrogen) atoms. The summed E-state index contributed by atoms with van der Waals surface area (Å²) in [6, 6.07) is 60.7. The second kappa shape index (κ2) is 11.8. The fourth-order valence-electron chi connectivity index (χ4n) is 9.21. The smallest absolute Gasteiger partial charge is 0.197 e. The van der Waals surface area contributed by atoms with Gasteiger partial charge in [0.05, 0.1) is 15.9 Å². The average Bonchev–Trinajstić information content (AvgIpc) is 3.80. The highest BCUT2D eigenvalue weighted by atomic mass is 32.2. The second-order valence-corrected chi connectivity index (χ2v) is 17.9. The molecule has 2 aliphatic heterocycles. The zero-order chi connectivity index (χ0) is 36.5. The molecule has 259 valence electrons. The van der Waals surface area contributed by atoms with Crippen LogP contribution in [0.4, 0.5) is 11.4 Å². The third-order valence-electron chi connectivity index (χ3n) is 11.6. The standard InChI is InChI=1S/C50H28BN2S3/c1-4-14-31-28(11-1)23-24-34-33-16-9-18-37-49(33)53(48(31)34)40-25-29-12-2-3-13-30(29)46(47(40)51-37)36-26-44-45(55-43-22-8-7-21-42(43)54-44)27-39(36)52-38-19-10-17-35-32-15-5-6-20-41(32)56-50(35)38/h1-27,52H. The quantitative estimate of drug-likeness (QED) is 0.181. The van der Waals surface area contributed by atoms with Crippen LogP contribution in [0.3, 0.4) is 0 Å². The summed E-state index contributed by atoms with van der Waals surface area (Å²) in [5.74, 6) is 0. The monoisotopic (exact) mass is 763 g/mol. The molecule has 1 radical (unpaired) electrons. The lowest BCUT2D eigenvalue weighted by molar-refractivity contribution is 1.16. The zero-order valence-corrected chi connectivity index (χ0v) is 32.3. The molecule has 6 heteroatoms. The average molecular weight is 764 g/mol. The SMILES string of the molecule is [B]1c2c(cc3ccccc3c2-c2cc3c(cc2Nc2cccc4c2sc2ccccc24)Sc2ccccc2S3)-n2c3c1cccc3c1ccc3ccccc3c12. The van der Waals surface area contributed by atoms with Crippen molar-refractivity contribution in [3.05, 3.63) is 164 Å². The Morgan fingerprint density at radius 1 is 0.464 bits per heavy atom. The van der Waals surface area contributed by atoms with Crippen molar-refractivity contribution in [2.24, 2.45) is 0 Å². The number of hydrogen-bond donors (Lipinski definition) is 1. The number of nitrogens with zero attached hydrogens (tertiary/aromatic N) is 1. The molecule has 13 rings (SSSR count). The molecule has 2 nitrogen and oxygen atoms in total. The van der Waals surface area contributed by atoms with Crippen LogP contribution in [0.2, 0.25) is 0 Å². The van der Waals surface area contributed by atoms with Gasteiger partial charge in [0.1, 0.15) is 0 Å². The van der Waals surface area contributed by atoms with Crippen molar-refractivity contribution in [1.29, 1.82) is 0 Å². The number of nitrogens with one attached hydrogen (secondary N) is 1. The topological polar surface area (TPSA) is 17.0 Å². The minimum absolute atomic E-state index is 1.11. The summed E-state index contributed by atoms with van der Waals surface area (Å²) in [4.78, 5) is 5.17. The van der Waals surface area contributed by atoms with Gasteiger partial charge in [-0.05, 0) is 69.6 Å². The van der Waals surface area contributed by atoms with Gasteiger partial charge in [0.15, 0.2) is 7.28 Å². The van der Waals surface area contributed by atoms with Crippen molar-refractivity contribution in [3.63, 3.8) is 0 Å². The molecule has 4 heterocycles. The van der Waals surface area contributed by atoms with E-state index in [0.717, 1.165) is 11.4 Å². The van der Waals surface area contributed by atoms with E-state index in [2.05, 4.69) is 181 Å². The van der Waals surface area contributed by atoms with Gasteiger partial charge in [-0.1, -0.05) is 150 Å². The summed E-state index contributed by atoms with van der Waals surface area (Å²) in [5, 5.41) is 14.3. The molecular formula is C50H28BN2S3. The molecule has 0 unspecified atom stereocenters. The Kier molecular flexibility index (Phi) is 6.59. The molecule has 0 amide bonds. The summed E-state index contributed by atoms with van der Waals surface area (Å²) >= 11 is 5.62. The predicted molar refractivity (Wildman–Crippen MR) is 244 cm³/mol. The van der Waals surface area contributed by atoms with Crippen LogP contribution in [0.25, 0.3) is 80.3 Å². The van der Waals surface area contributed by atoms with Gasteiger partial charge >= 0.3 is 0 Å². The summed E-state index contributed by atoms with van der Waals surface area (Å²) in [6.45, 7) is 0. The van der Waals surface area contributed by atoms with Gasteiger partial charge in [-0.25, -0.2) is 0 Å². The fourth-order valence-corrected chi connectivity index (χ4v) is 12.7. The minimum atomic E-state index is 1.11. The summed E-state index contributed by atoms with van der Waals surface area (Å²) in [7, 11) is 2.45. The van der Waals surface area contributed by atoms with Gasteiger partial charge in [-0.15, -0.1) is 11.3 Å². The first-order valence-electron chi connectivity index (χ1n) is 18.9. The third-order valence-corrected chi connectivity index (χ3v) is 15.4. The van der Waals surface area contributed by atoms with E-state index in [-0.39, 0.29) is 0 Å². The first-order valence-corrected chi connectivity index (χ1v) is 21.4. The van der Waals surface area contributed by atoms with Gasteiger partial charge < -0.3 is 9.88 Å². The fraction of sp³-hybridized carbons (Fsp3) is 0. The predicted octanol–water partition coefficient (Wildman–Crippen LogP) is 13.5. The van der Waals surface area contributed by atoms with Gasteiger partial charge in [-0.2, -0.15) is 0 Å². The van der Waals surface area contributed by atoms with E-state index in [1.165, 1.54) is 111 Å². The molecule has 0 bridgehead atoms. The van der Waals surface area contributed by atoms with Gasteiger partial charge in [-0.3, -0.25) is 0 Å². The van der Waals surface area contributed by atoms with Crippen LogP contribution >= 0.6 is 34.9 Å².